The maximum Gasteiger partial charge on any atom is 0.227 e. The number of hydrogen-bond donors (Lipinski definition) is 1. The fourth-order valence-corrected chi connectivity index (χ4v) is 4.57. The Morgan fingerprint density at radius 2 is 1.81 bits per heavy atom. The van der Waals surface area contributed by atoms with Gasteiger partial charge in [0.1, 0.15) is 0 Å². The number of benzene rings is 1. The fraction of sp³-hybridized carbons (Fsp3) is 0.579. The van der Waals surface area contributed by atoms with Crippen LogP contribution in [0.1, 0.15) is 24.8 Å². The monoisotopic (exact) mass is 393 g/mol. The van der Waals surface area contributed by atoms with E-state index < -0.39 is 10.0 Å². The van der Waals surface area contributed by atoms with Crippen LogP contribution in [0.5, 0.6) is 0 Å². The zero-order valence-electron chi connectivity index (χ0n) is 15.8. The van der Waals surface area contributed by atoms with Crippen LogP contribution in [0.2, 0.25) is 0 Å². The van der Waals surface area contributed by atoms with E-state index in [9.17, 15) is 18.0 Å². The van der Waals surface area contributed by atoms with Gasteiger partial charge < -0.3 is 10.2 Å². The molecule has 2 aliphatic heterocycles. The molecular formula is C19H27N3O4S. The third-order valence-electron chi connectivity index (χ3n) is 5.45. The number of hydrogen-bond acceptors (Lipinski definition) is 4. The minimum absolute atomic E-state index is 0.0273. The molecule has 1 unspecified atom stereocenters. The van der Waals surface area contributed by atoms with Crippen LogP contribution in [-0.4, -0.2) is 57.0 Å². The van der Waals surface area contributed by atoms with Crippen molar-refractivity contribution in [2.45, 2.75) is 26.2 Å². The molecule has 0 aliphatic carbocycles. The normalized spacial score (nSPS) is 22.2. The first kappa shape index (κ1) is 19.8. The van der Waals surface area contributed by atoms with Crippen molar-refractivity contribution in [2.24, 2.45) is 11.8 Å². The molecule has 148 valence electrons. The van der Waals surface area contributed by atoms with E-state index in [1.165, 1.54) is 10.6 Å². The first-order chi connectivity index (χ1) is 12.7. The predicted octanol–water partition coefficient (Wildman–Crippen LogP) is 1.14. The Balaban J connectivity index is 1.48. The van der Waals surface area contributed by atoms with Crippen LogP contribution in [0.4, 0.5) is 5.69 Å². The average molecular weight is 394 g/mol. The van der Waals surface area contributed by atoms with Crippen molar-refractivity contribution in [3.63, 3.8) is 0 Å². The summed E-state index contributed by atoms with van der Waals surface area (Å²) in [7, 11) is -3.13. The van der Waals surface area contributed by atoms with Crippen LogP contribution in [0.25, 0.3) is 0 Å². The Bertz CT molecular complexity index is 799. The van der Waals surface area contributed by atoms with Crippen molar-refractivity contribution in [3.8, 4) is 0 Å². The number of sulfonamides is 1. The standard InChI is InChI=1S/C19H27N3O4S/c1-14-3-5-17(6-4-14)22-13-16(11-18(22)23)19(24)20-12-15-7-9-21(10-8-15)27(2,25)26/h3-6,15-16H,7-13H2,1-2H3,(H,20,24). The molecule has 2 fully saturated rings. The molecule has 2 amide bonds. The van der Waals surface area contributed by atoms with Crippen LogP contribution < -0.4 is 10.2 Å². The molecule has 0 spiro atoms. The summed E-state index contributed by atoms with van der Waals surface area (Å²) in [6, 6.07) is 7.73. The lowest BCUT2D eigenvalue weighted by molar-refractivity contribution is -0.126. The van der Waals surface area contributed by atoms with Gasteiger partial charge in [-0.25, -0.2) is 12.7 Å². The Morgan fingerprint density at radius 3 is 2.41 bits per heavy atom. The third kappa shape index (κ3) is 4.87. The Morgan fingerprint density at radius 1 is 1.19 bits per heavy atom. The number of aryl methyl sites for hydroxylation is 1. The van der Waals surface area contributed by atoms with E-state index in [4.69, 9.17) is 0 Å². The van der Waals surface area contributed by atoms with Gasteiger partial charge in [0, 0.05) is 38.3 Å². The number of carbonyl (C=O) groups is 2. The highest BCUT2D eigenvalue weighted by atomic mass is 32.2. The molecule has 2 saturated heterocycles. The Kier molecular flexibility index (Phi) is 5.86. The number of carbonyl (C=O) groups excluding carboxylic acids is 2. The molecule has 7 nitrogen and oxygen atoms in total. The number of nitrogens with one attached hydrogen (secondary N) is 1. The van der Waals surface area contributed by atoms with Gasteiger partial charge in [-0.3, -0.25) is 9.59 Å². The van der Waals surface area contributed by atoms with Crippen LogP contribution in [0.3, 0.4) is 0 Å². The molecule has 8 heteroatoms. The minimum Gasteiger partial charge on any atom is -0.356 e. The van der Waals surface area contributed by atoms with E-state index in [-0.39, 0.29) is 30.1 Å². The Hall–Kier alpha value is -1.93. The van der Waals surface area contributed by atoms with Gasteiger partial charge in [0.2, 0.25) is 21.8 Å². The van der Waals surface area contributed by atoms with E-state index in [1.54, 1.807) is 4.90 Å². The largest absolute Gasteiger partial charge is 0.356 e. The molecule has 0 saturated carbocycles. The van der Waals surface area contributed by atoms with E-state index in [0.717, 1.165) is 24.1 Å². The van der Waals surface area contributed by atoms with Crippen molar-refractivity contribution in [2.75, 3.05) is 37.3 Å². The number of piperidine rings is 1. The second kappa shape index (κ2) is 7.98. The van der Waals surface area contributed by atoms with E-state index in [2.05, 4.69) is 5.32 Å². The van der Waals surface area contributed by atoms with Crippen LogP contribution in [0, 0.1) is 18.8 Å². The quantitative estimate of drug-likeness (QED) is 0.813. The highest BCUT2D eigenvalue weighted by Crippen LogP contribution is 2.26. The van der Waals surface area contributed by atoms with Crippen LogP contribution >= 0.6 is 0 Å². The highest BCUT2D eigenvalue weighted by Gasteiger charge is 2.35. The van der Waals surface area contributed by atoms with E-state index >= 15 is 0 Å². The molecule has 1 atom stereocenters. The average Bonchev–Trinajstić information content (AvgIpc) is 3.02. The van der Waals surface area contributed by atoms with Crippen LogP contribution in [0.15, 0.2) is 24.3 Å². The fourth-order valence-electron chi connectivity index (χ4n) is 3.69. The van der Waals surface area contributed by atoms with Crippen molar-refractivity contribution in [1.29, 1.82) is 0 Å². The zero-order chi connectivity index (χ0) is 19.6. The van der Waals surface area contributed by atoms with Gasteiger partial charge in [-0.1, -0.05) is 17.7 Å². The molecule has 1 N–H and O–H groups in total. The van der Waals surface area contributed by atoms with Gasteiger partial charge in [0.25, 0.3) is 0 Å². The highest BCUT2D eigenvalue weighted by molar-refractivity contribution is 7.88. The molecule has 0 bridgehead atoms. The lowest BCUT2D eigenvalue weighted by Gasteiger charge is -2.30. The second-order valence-electron chi connectivity index (χ2n) is 7.59. The molecule has 2 aliphatic rings. The summed E-state index contributed by atoms with van der Waals surface area (Å²) in [4.78, 5) is 26.5. The lowest BCUT2D eigenvalue weighted by atomic mass is 9.97. The van der Waals surface area contributed by atoms with E-state index in [1.807, 2.05) is 31.2 Å². The van der Waals surface area contributed by atoms with Crippen molar-refractivity contribution >= 4 is 27.5 Å². The SMILES string of the molecule is Cc1ccc(N2CC(C(=O)NCC3CCN(S(C)(=O)=O)CC3)CC2=O)cc1. The Labute approximate surface area is 160 Å². The molecule has 0 radical (unpaired) electrons. The van der Waals surface area contributed by atoms with Crippen molar-refractivity contribution in [3.05, 3.63) is 29.8 Å². The van der Waals surface area contributed by atoms with Gasteiger partial charge in [-0.05, 0) is 37.8 Å². The number of rotatable bonds is 5. The molecule has 1 aromatic rings. The molecular weight excluding hydrogens is 366 g/mol. The van der Waals surface area contributed by atoms with Gasteiger partial charge >= 0.3 is 0 Å². The summed E-state index contributed by atoms with van der Waals surface area (Å²) in [5.74, 6) is -0.184. The van der Waals surface area contributed by atoms with Gasteiger partial charge in [0.05, 0.1) is 12.2 Å². The second-order valence-corrected chi connectivity index (χ2v) is 9.57. The van der Waals surface area contributed by atoms with Crippen molar-refractivity contribution < 1.29 is 18.0 Å². The maximum absolute atomic E-state index is 12.5. The predicted molar refractivity (Wildman–Crippen MR) is 104 cm³/mol. The summed E-state index contributed by atoms with van der Waals surface area (Å²) < 4.78 is 24.6. The summed E-state index contributed by atoms with van der Waals surface area (Å²) in [6.45, 7) is 3.93. The smallest absolute Gasteiger partial charge is 0.227 e. The van der Waals surface area contributed by atoms with E-state index in [0.29, 0.717) is 26.2 Å². The molecule has 27 heavy (non-hydrogen) atoms. The number of amides is 2. The molecule has 2 heterocycles. The summed E-state index contributed by atoms with van der Waals surface area (Å²) in [5, 5.41) is 2.96. The lowest BCUT2D eigenvalue weighted by Crippen LogP contribution is -2.42. The number of nitrogens with zero attached hydrogens (tertiary/aromatic N) is 2. The summed E-state index contributed by atoms with van der Waals surface area (Å²) in [6.07, 6.45) is 2.94. The van der Waals surface area contributed by atoms with Crippen LogP contribution in [-0.2, 0) is 19.6 Å². The van der Waals surface area contributed by atoms with Gasteiger partial charge in [-0.15, -0.1) is 0 Å². The van der Waals surface area contributed by atoms with Gasteiger partial charge in [0.15, 0.2) is 0 Å². The maximum atomic E-state index is 12.5. The third-order valence-corrected chi connectivity index (χ3v) is 6.75. The first-order valence-electron chi connectivity index (χ1n) is 9.34. The molecule has 1 aromatic carbocycles. The molecule has 0 aromatic heterocycles. The first-order valence-corrected chi connectivity index (χ1v) is 11.2. The minimum atomic E-state index is -3.13. The van der Waals surface area contributed by atoms with Crippen molar-refractivity contribution in [1.82, 2.24) is 9.62 Å². The topological polar surface area (TPSA) is 86.8 Å². The van der Waals surface area contributed by atoms with Gasteiger partial charge in [-0.2, -0.15) is 0 Å². The summed E-state index contributed by atoms with van der Waals surface area (Å²) in [5.41, 5.74) is 1.95. The zero-order valence-corrected chi connectivity index (χ0v) is 16.7. The summed E-state index contributed by atoms with van der Waals surface area (Å²) >= 11 is 0. The number of anilines is 1. The molecule has 3 rings (SSSR count).